The summed E-state index contributed by atoms with van der Waals surface area (Å²) >= 11 is 0. The van der Waals surface area contributed by atoms with Gasteiger partial charge in [0.15, 0.2) is 0 Å². The molecule has 0 saturated carbocycles. The van der Waals surface area contributed by atoms with Crippen LogP contribution in [-0.4, -0.2) is 6.54 Å². The fourth-order valence-corrected chi connectivity index (χ4v) is 1.63. The Hall–Kier alpha value is -0.890. The standard InChI is InChI=1S/C12H18FN/c1-12(2,7-8-14)9-10-3-5-11(13)6-4-10/h3-6H,7-9,14H2,1-2H3. The van der Waals surface area contributed by atoms with Gasteiger partial charge in [-0.15, -0.1) is 0 Å². The Labute approximate surface area is 85.1 Å². The van der Waals surface area contributed by atoms with E-state index in [9.17, 15) is 4.39 Å². The lowest BCUT2D eigenvalue weighted by Crippen LogP contribution is -2.19. The van der Waals surface area contributed by atoms with E-state index >= 15 is 0 Å². The highest BCUT2D eigenvalue weighted by Crippen LogP contribution is 2.25. The summed E-state index contributed by atoms with van der Waals surface area (Å²) in [6.45, 7) is 5.07. The van der Waals surface area contributed by atoms with Gasteiger partial charge in [0.25, 0.3) is 0 Å². The van der Waals surface area contributed by atoms with Crippen molar-refractivity contribution >= 4 is 0 Å². The van der Waals surface area contributed by atoms with Gasteiger partial charge in [-0.05, 0) is 42.5 Å². The Bertz CT molecular complexity index is 277. The first-order valence-corrected chi connectivity index (χ1v) is 4.98. The van der Waals surface area contributed by atoms with Crippen LogP contribution in [0.25, 0.3) is 0 Å². The molecule has 0 spiro atoms. The van der Waals surface area contributed by atoms with Crippen molar-refractivity contribution in [3.63, 3.8) is 0 Å². The van der Waals surface area contributed by atoms with Crippen molar-refractivity contribution in [3.8, 4) is 0 Å². The zero-order valence-corrected chi connectivity index (χ0v) is 8.89. The summed E-state index contributed by atoms with van der Waals surface area (Å²) in [6, 6.07) is 6.70. The molecule has 0 unspecified atom stereocenters. The summed E-state index contributed by atoms with van der Waals surface area (Å²) in [5.41, 5.74) is 6.90. The second-order valence-electron chi connectivity index (χ2n) is 4.51. The average molecular weight is 195 g/mol. The molecule has 78 valence electrons. The van der Waals surface area contributed by atoms with Crippen LogP contribution in [0.5, 0.6) is 0 Å². The average Bonchev–Trinajstić information content (AvgIpc) is 2.08. The summed E-state index contributed by atoms with van der Waals surface area (Å²) < 4.78 is 12.6. The summed E-state index contributed by atoms with van der Waals surface area (Å²) in [6.07, 6.45) is 1.94. The first-order chi connectivity index (χ1) is 6.53. The SMILES string of the molecule is CC(C)(CCN)Cc1ccc(F)cc1. The van der Waals surface area contributed by atoms with Crippen molar-refractivity contribution in [1.29, 1.82) is 0 Å². The van der Waals surface area contributed by atoms with Gasteiger partial charge < -0.3 is 5.73 Å². The Balaban J connectivity index is 2.64. The maximum Gasteiger partial charge on any atom is 0.123 e. The fraction of sp³-hybridized carbons (Fsp3) is 0.500. The zero-order valence-electron chi connectivity index (χ0n) is 8.89. The Kier molecular flexibility index (Phi) is 3.64. The topological polar surface area (TPSA) is 26.0 Å². The van der Waals surface area contributed by atoms with Crippen LogP contribution in [0.4, 0.5) is 4.39 Å². The van der Waals surface area contributed by atoms with Crippen LogP contribution in [0.2, 0.25) is 0 Å². The maximum absolute atomic E-state index is 12.6. The molecule has 2 N–H and O–H groups in total. The predicted molar refractivity (Wildman–Crippen MR) is 57.6 cm³/mol. The van der Waals surface area contributed by atoms with E-state index in [-0.39, 0.29) is 11.2 Å². The van der Waals surface area contributed by atoms with Gasteiger partial charge >= 0.3 is 0 Å². The molecule has 1 aromatic rings. The van der Waals surface area contributed by atoms with Gasteiger partial charge in [0.1, 0.15) is 5.82 Å². The molecule has 14 heavy (non-hydrogen) atoms. The van der Waals surface area contributed by atoms with Crippen LogP contribution < -0.4 is 5.73 Å². The molecule has 0 heterocycles. The number of benzene rings is 1. The monoisotopic (exact) mass is 195 g/mol. The van der Waals surface area contributed by atoms with Gasteiger partial charge in [0, 0.05) is 0 Å². The van der Waals surface area contributed by atoms with E-state index < -0.39 is 0 Å². The van der Waals surface area contributed by atoms with Gasteiger partial charge in [0.2, 0.25) is 0 Å². The van der Waals surface area contributed by atoms with Crippen molar-refractivity contribution in [2.75, 3.05) is 6.54 Å². The van der Waals surface area contributed by atoms with Crippen LogP contribution in [-0.2, 0) is 6.42 Å². The molecule has 0 atom stereocenters. The van der Waals surface area contributed by atoms with Crippen molar-refractivity contribution in [2.24, 2.45) is 11.1 Å². The first-order valence-electron chi connectivity index (χ1n) is 4.98. The Morgan fingerprint density at radius 2 is 1.79 bits per heavy atom. The molecule has 0 aliphatic carbocycles. The minimum atomic E-state index is -0.176. The molecule has 0 bridgehead atoms. The number of rotatable bonds is 4. The lowest BCUT2D eigenvalue weighted by molar-refractivity contribution is 0.338. The van der Waals surface area contributed by atoms with Crippen LogP contribution in [0.1, 0.15) is 25.8 Å². The Morgan fingerprint density at radius 3 is 2.29 bits per heavy atom. The summed E-state index contributed by atoms with van der Waals surface area (Å²) in [7, 11) is 0. The molecule has 0 fully saturated rings. The lowest BCUT2D eigenvalue weighted by Gasteiger charge is -2.23. The van der Waals surface area contributed by atoms with Crippen molar-refractivity contribution in [2.45, 2.75) is 26.7 Å². The van der Waals surface area contributed by atoms with Crippen molar-refractivity contribution in [3.05, 3.63) is 35.6 Å². The molecule has 2 heteroatoms. The quantitative estimate of drug-likeness (QED) is 0.785. The molecule has 0 aromatic heterocycles. The van der Waals surface area contributed by atoms with E-state index in [1.165, 1.54) is 17.7 Å². The lowest BCUT2D eigenvalue weighted by atomic mass is 9.83. The maximum atomic E-state index is 12.6. The highest BCUT2D eigenvalue weighted by Gasteiger charge is 2.17. The third-order valence-electron chi connectivity index (χ3n) is 2.42. The molecule has 0 aliphatic heterocycles. The molecule has 1 nitrogen and oxygen atoms in total. The Morgan fingerprint density at radius 1 is 1.21 bits per heavy atom. The minimum absolute atomic E-state index is 0.176. The normalized spacial score (nSPS) is 11.7. The molecule has 0 saturated heterocycles. The molecule has 0 aliphatic rings. The van der Waals surface area contributed by atoms with E-state index in [2.05, 4.69) is 13.8 Å². The largest absolute Gasteiger partial charge is 0.330 e. The van der Waals surface area contributed by atoms with Gasteiger partial charge in [-0.3, -0.25) is 0 Å². The van der Waals surface area contributed by atoms with Gasteiger partial charge in [0.05, 0.1) is 0 Å². The number of hydrogen-bond acceptors (Lipinski definition) is 1. The predicted octanol–water partition coefficient (Wildman–Crippen LogP) is 2.74. The van der Waals surface area contributed by atoms with Gasteiger partial charge in [-0.1, -0.05) is 26.0 Å². The van der Waals surface area contributed by atoms with E-state index in [0.29, 0.717) is 6.54 Å². The van der Waals surface area contributed by atoms with Crippen LogP contribution >= 0.6 is 0 Å². The fourth-order valence-electron chi connectivity index (χ4n) is 1.63. The van der Waals surface area contributed by atoms with E-state index in [0.717, 1.165) is 12.8 Å². The molecule has 1 rings (SSSR count). The van der Waals surface area contributed by atoms with Crippen LogP contribution in [0.15, 0.2) is 24.3 Å². The number of hydrogen-bond donors (Lipinski definition) is 1. The zero-order chi connectivity index (χ0) is 10.6. The molecular weight excluding hydrogens is 177 g/mol. The smallest absolute Gasteiger partial charge is 0.123 e. The van der Waals surface area contributed by atoms with Gasteiger partial charge in [-0.2, -0.15) is 0 Å². The highest BCUT2D eigenvalue weighted by atomic mass is 19.1. The highest BCUT2D eigenvalue weighted by molar-refractivity contribution is 5.17. The van der Waals surface area contributed by atoms with Crippen molar-refractivity contribution in [1.82, 2.24) is 0 Å². The van der Waals surface area contributed by atoms with E-state index in [1.54, 1.807) is 0 Å². The van der Waals surface area contributed by atoms with Crippen LogP contribution in [0, 0.1) is 11.2 Å². The third kappa shape index (κ3) is 3.46. The van der Waals surface area contributed by atoms with Crippen molar-refractivity contribution < 1.29 is 4.39 Å². The molecule has 0 radical (unpaired) electrons. The number of halogens is 1. The third-order valence-corrected chi connectivity index (χ3v) is 2.42. The second kappa shape index (κ2) is 4.56. The summed E-state index contributed by atoms with van der Waals surface area (Å²) in [5.74, 6) is -0.176. The molecule has 1 aromatic carbocycles. The van der Waals surface area contributed by atoms with Gasteiger partial charge in [-0.25, -0.2) is 4.39 Å². The molecule has 0 amide bonds. The first kappa shape index (κ1) is 11.2. The second-order valence-corrected chi connectivity index (χ2v) is 4.51. The molecular formula is C12H18FN. The summed E-state index contributed by atoms with van der Waals surface area (Å²) in [5, 5.41) is 0. The van der Waals surface area contributed by atoms with Crippen LogP contribution in [0.3, 0.4) is 0 Å². The summed E-state index contributed by atoms with van der Waals surface area (Å²) in [4.78, 5) is 0. The number of nitrogens with two attached hydrogens (primary N) is 1. The van der Waals surface area contributed by atoms with E-state index in [4.69, 9.17) is 5.73 Å². The van der Waals surface area contributed by atoms with E-state index in [1.807, 2.05) is 12.1 Å². The minimum Gasteiger partial charge on any atom is -0.330 e.